The van der Waals surface area contributed by atoms with Crippen molar-refractivity contribution in [2.24, 2.45) is 0 Å². The molecule has 1 rings (SSSR count). The molecule has 0 aliphatic carbocycles. The van der Waals surface area contributed by atoms with E-state index in [9.17, 15) is 9.90 Å². The lowest BCUT2D eigenvalue weighted by Gasteiger charge is -2.30. The van der Waals surface area contributed by atoms with Crippen LogP contribution in [0.25, 0.3) is 0 Å². The van der Waals surface area contributed by atoms with Crippen molar-refractivity contribution >= 4 is 0 Å². The smallest absolute Gasteiger partial charge is 0.258 e. The molecule has 0 atom stereocenters. The number of hydrogen-bond acceptors (Lipinski definition) is 4. The molecule has 19 heavy (non-hydrogen) atoms. The maximum atomic E-state index is 12.1. The molecule has 1 aromatic rings. The molecule has 0 unspecified atom stereocenters. The predicted octanol–water partition coefficient (Wildman–Crippen LogP) is 2.65. The van der Waals surface area contributed by atoms with Gasteiger partial charge in [0.15, 0.2) is 0 Å². The van der Waals surface area contributed by atoms with Gasteiger partial charge < -0.3 is 14.8 Å². The van der Waals surface area contributed by atoms with Gasteiger partial charge in [-0.25, -0.2) is 0 Å². The molecule has 2 N–H and O–H groups in total. The van der Waals surface area contributed by atoms with Gasteiger partial charge in [0.25, 0.3) is 5.56 Å². The van der Waals surface area contributed by atoms with E-state index in [2.05, 4.69) is 9.97 Å². The average molecular weight is 268 g/mol. The third-order valence-corrected chi connectivity index (χ3v) is 3.51. The largest absolute Gasteiger partial charge is 0.493 e. The van der Waals surface area contributed by atoms with Crippen molar-refractivity contribution in [2.45, 2.75) is 59.0 Å². The van der Waals surface area contributed by atoms with Gasteiger partial charge in [0.2, 0.25) is 5.88 Å². The van der Waals surface area contributed by atoms with Crippen LogP contribution < -0.4 is 5.56 Å². The Morgan fingerprint density at radius 2 is 1.89 bits per heavy atom. The second kappa shape index (κ2) is 6.19. The van der Waals surface area contributed by atoms with E-state index in [1.807, 2.05) is 34.6 Å². The standard InChI is InChI=1S/C14H24N2O3/c1-6-14(7-2,19-8-3)13-15-11(17)10(9(4)5)12(18)16-13/h9H,6-8H2,1-5H3,(H2,15,16,17,18). The molecule has 5 heteroatoms. The fourth-order valence-electron chi connectivity index (χ4n) is 2.34. The molecule has 0 saturated heterocycles. The van der Waals surface area contributed by atoms with Gasteiger partial charge in [-0.1, -0.05) is 27.7 Å². The summed E-state index contributed by atoms with van der Waals surface area (Å²) in [6, 6.07) is 0. The first-order valence-electron chi connectivity index (χ1n) is 6.89. The summed E-state index contributed by atoms with van der Waals surface area (Å²) in [5.41, 5.74) is -0.606. The lowest BCUT2D eigenvalue weighted by atomic mass is 9.95. The molecular formula is C14H24N2O3. The van der Waals surface area contributed by atoms with Crippen LogP contribution in [0, 0.1) is 0 Å². The maximum Gasteiger partial charge on any atom is 0.258 e. The summed E-state index contributed by atoms with van der Waals surface area (Å²) < 4.78 is 5.78. The quantitative estimate of drug-likeness (QED) is 0.831. The summed E-state index contributed by atoms with van der Waals surface area (Å²) in [6.07, 6.45) is 1.36. The summed E-state index contributed by atoms with van der Waals surface area (Å²) in [5.74, 6) is 0.140. The van der Waals surface area contributed by atoms with E-state index in [4.69, 9.17) is 4.74 Å². The van der Waals surface area contributed by atoms with Crippen LogP contribution in [0.5, 0.6) is 5.88 Å². The molecule has 108 valence electrons. The van der Waals surface area contributed by atoms with Crippen molar-refractivity contribution in [1.29, 1.82) is 0 Å². The van der Waals surface area contributed by atoms with Crippen molar-refractivity contribution in [3.05, 3.63) is 21.7 Å². The Morgan fingerprint density at radius 3 is 2.26 bits per heavy atom. The molecule has 0 bridgehead atoms. The van der Waals surface area contributed by atoms with E-state index >= 15 is 0 Å². The van der Waals surface area contributed by atoms with Gasteiger partial charge in [0.05, 0.1) is 5.56 Å². The number of rotatable bonds is 6. The first-order chi connectivity index (χ1) is 8.91. The normalized spacial score (nSPS) is 12.1. The fraction of sp³-hybridized carbons (Fsp3) is 0.714. The van der Waals surface area contributed by atoms with E-state index in [1.165, 1.54) is 0 Å². The Kier molecular flexibility index (Phi) is 5.11. The number of aromatic hydroxyl groups is 1. The third-order valence-electron chi connectivity index (χ3n) is 3.51. The Morgan fingerprint density at radius 1 is 1.32 bits per heavy atom. The van der Waals surface area contributed by atoms with Gasteiger partial charge in [0.1, 0.15) is 11.4 Å². The lowest BCUT2D eigenvalue weighted by Crippen LogP contribution is -2.34. The van der Waals surface area contributed by atoms with Gasteiger partial charge in [-0.3, -0.25) is 4.79 Å². The van der Waals surface area contributed by atoms with E-state index < -0.39 is 5.60 Å². The third kappa shape index (κ3) is 2.97. The molecule has 0 spiro atoms. The first-order valence-corrected chi connectivity index (χ1v) is 6.89. The molecule has 5 nitrogen and oxygen atoms in total. The molecule has 0 amide bonds. The summed E-state index contributed by atoms with van der Waals surface area (Å²) in [5, 5.41) is 9.98. The molecule has 0 radical (unpaired) electrons. The van der Waals surface area contributed by atoms with Crippen LogP contribution in [0.3, 0.4) is 0 Å². The van der Waals surface area contributed by atoms with Gasteiger partial charge in [-0.15, -0.1) is 0 Å². The zero-order valence-corrected chi connectivity index (χ0v) is 12.4. The van der Waals surface area contributed by atoms with Crippen molar-refractivity contribution in [3.8, 4) is 5.88 Å². The molecule has 0 fully saturated rings. The van der Waals surface area contributed by atoms with E-state index in [0.717, 1.165) is 0 Å². The summed E-state index contributed by atoms with van der Waals surface area (Å²) in [7, 11) is 0. The Balaban J connectivity index is 3.39. The van der Waals surface area contributed by atoms with Crippen LogP contribution in [-0.4, -0.2) is 21.7 Å². The van der Waals surface area contributed by atoms with Crippen LogP contribution in [0.2, 0.25) is 0 Å². The monoisotopic (exact) mass is 268 g/mol. The number of hydrogen-bond donors (Lipinski definition) is 2. The predicted molar refractivity (Wildman–Crippen MR) is 74.5 cm³/mol. The lowest BCUT2D eigenvalue weighted by molar-refractivity contribution is -0.0576. The molecule has 0 aliphatic heterocycles. The van der Waals surface area contributed by atoms with Crippen molar-refractivity contribution in [2.75, 3.05) is 6.61 Å². The van der Waals surface area contributed by atoms with Crippen molar-refractivity contribution in [1.82, 2.24) is 9.97 Å². The minimum atomic E-state index is -0.638. The number of aromatic amines is 1. The van der Waals surface area contributed by atoms with Crippen LogP contribution >= 0.6 is 0 Å². The second-order valence-corrected chi connectivity index (χ2v) is 4.94. The first kappa shape index (κ1) is 15.7. The van der Waals surface area contributed by atoms with E-state index in [-0.39, 0.29) is 17.4 Å². The van der Waals surface area contributed by atoms with E-state index in [1.54, 1.807) is 0 Å². The van der Waals surface area contributed by atoms with Crippen LogP contribution in [-0.2, 0) is 10.3 Å². The number of nitrogens with zero attached hydrogens (tertiary/aromatic N) is 1. The number of aromatic nitrogens is 2. The zero-order chi connectivity index (χ0) is 14.6. The Bertz CT molecular complexity index is 476. The maximum absolute atomic E-state index is 12.1. The molecular weight excluding hydrogens is 244 g/mol. The van der Waals surface area contributed by atoms with Gasteiger partial charge in [-0.05, 0) is 25.7 Å². The Labute approximate surface area is 114 Å². The summed E-state index contributed by atoms with van der Waals surface area (Å²) >= 11 is 0. The van der Waals surface area contributed by atoms with Crippen molar-refractivity contribution < 1.29 is 9.84 Å². The van der Waals surface area contributed by atoms with Gasteiger partial charge >= 0.3 is 0 Å². The van der Waals surface area contributed by atoms with E-state index in [0.29, 0.717) is 30.8 Å². The van der Waals surface area contributed by atoms with Crippen molar-refractivity contribution in [3.63, 3.8) is 0 Å². The zero-order valence-electron chi connectivity index (χ0n) is 12.4. The van der Waals surface area contributed by atoms with Crippen LogP contribution in [0.15, 0.2) is 4.79 Å². The molecule has 1 aromatic heterocycles. The van der Waals surface area contributed by atoms with Gasteiger partial charge in [-0.2, -0.15) is 4.98 Å². The number of nitrogens with one attached hydrogen (secondary N) is 1. The highest BCUT2D eigenvalue weighted by Gasteiger charge is 2.33. The summed E-state index contributed by atoms with van der Waals surface area (Å²) in [6.45, 7) is 10.1. The summed E-state index contributed by atoms with van der Waals surface area (Å²) in [4.78, 5) is 19.0. The molecule has 0 aliphatic rings. The fourth-order valence-corrected chi connectivity index (χ4v) is 2.34. The topological polar surface area (TPSA) is 75.2 Å². The van der Waals surface area contributed by atoms with Crippen LogP contribution in [0.1, 0.15) is 64.8 Å². The highest BCUT2D eigenvalue weighted by molar-refractivity contribution is 5.26. The number of ether oxygens (including phenoxy) is 1. The highest BCUT2D eigenvalue weighted by Crippen LogP contribution is 2.31. The van der Waals surface area contributed by atoms with Crippen LogP contribution in [0.4, 0.5) is 0 Å². The Hall–Kier alpha value is -1.36. The molecule has 0 saturated carbocycles. The molecule has 1 heterocycles. The second-order valence-electron chi connectivity index (χ2n) is 4.94. The minimum Gasteiger partial charge on any atom is -0.493 e. The average Bonchev–Trinajstić information content (AvgIpc) is 2.34. The minimum absolute atomic E-state index is 0.0740. The highest BCUT2D eigenvalue weighted by atomic mass is 16.5. The van der Waals surface area contributed by atoms with Gasteiger partial charge in [0, 0.05) is 6.61 Å². The SMILES string of the molecule is CCOC(CC)(CC)c1nc(O)c(C(C)C)c(=O)[nH]1. The number of H-pyrrole nitrogens is 1. The molecule has 0 aromatic carbocycles.